The molecule has 1 aromatic heterocycles. The fraction of sp³-hybridized carbons (Fsp3) is 0.733. The molecule has 21 heavy (non-hydrogen) atoms. The minimum atomic E-state index is -3.61. The van der Waals surface area contributed by atoms with Crippen LogP contribution in [0, 0.1) is 37.5 Å². The number of aryl methyl sites for hydroxylation is 2. The summed E-state index contributed by atoms with van der Waals surface area (Å²) < 4.78 is 33.6. The Hall–Kier alpha value is -0.850. The van der Waals surface area contributed by atoms with E-state index in [0.717, 1.165) is 11.8 Å². The van der Waals surface area contributed by atoms with Gasteiger partial charge in [0.1, 0.15) is 16.4 Å². The molecule has 2 N–H and O–H groups in total. The summed E-state index contributed by atoms with van der Waals surface area (Å²) in [5, 5.41) is 9.43. The molecule has 3 saturated carbocycles. The third-order valence-corrected chi connectivity index (χ3v) is 7.43. The molecule has 0 radical (unpaired) electrons. The highest BCUT2D eigenvalue weighted by atomic mass is 32.2. The van der Waals surface area contributed by atoms with E-state index in [-0.39, 0.29) is 17.5 Å². The van der Waals surface area contributed by atoms with E-state index in [1.807, 2.05) is 0 Å². The van der Waals surface area contributed by atoms with Gasteiger partial charge in [-0.15, -0.1) is 0 Å². The van der Waals surface area contributed by atoms with E-state index in [9.17, 15) is 13.5 Å². The number of aliphatic hydroxyl groups is 1. The molecule has 0 spiro atoms. The van der Waals surface area contributed by atoms with E-state index in [1.54, 1.807) is 13.8 Å². The van der Waals surface area contributed by atoms with Gasteiger partial charge in [0.2, 0.25) is 10.0 Å². The van der Waals surface area contributed by atoms with E-state index in [2.05, 4.69) is 4.72 Å². The van der Waals surface area contributed by atoms with Crippen molar-refractivity contribution in [3.8, 4) is 0 Å². The third-order valence-electron chi connectivity index (χ3n) is 5.78. The number of hydrogen-bond acceptors (Lipinski definition) is 4. The van der Waals surface area contributed by atoms with Gasteiger partial charge in [-0.3, -0.25) is 0 Å². The molecule has 5 nitrogen and oxygen atoms in total. The maximum absolute atomic E-state index is 12.7. The van der Waals surface area contributed by atoms with Crippen LogP contribution in [0.2, 0.25) is 0 Å². The number of sulfonamides is 1. The molecule has 0 aliphatic heterocycles. The molecule has 1 heterocycles. The third kappa shape index (κ3) is 1.85. The smallest absolute Gasteiger partial charge is 0.244 e. The minimum absolute atomic E-state index is 0.0994. The van der Waals surface area contributed by atoms with E-state index in [1.165, 1.54) is 19.3 Å². The van der Waals surface area contributed by atoms with Crippen LogP contribution in [0.1, 0.15) is 36.3 Å². The SMILES string of the molecule is Cc1oc(C)c(S(=O)(=O)NC2C3C4CCC(C4)C23)c1CO. The van der Waals surface area contributed by atoms with Gasteiger partial charge in [-0.2, -0.15) is 0 Å². The highest BCUT2D eigenvalue weighted by Gasteiger charge is 2.65. The molecule has 0 saturated heterocycles. The average Bonchev–Trinajstić information content (AvgIpc) is 2.79. The first-order chi connectivity index (χ1) is 9.94. The second-order valence-corrected chi connectivity index (χ2v) is 8.47. The van der Waals surface area contributed by atoms with Crippen LogP contribution in [-0.2, 0) is 16.6 Å². The molecule has 3 aliphatic carbocycles. The van der Waals surface area contributed by atoms with Crippen molar-refractivity contribution >= 4 is 10.0 Å². The molecule has 6 heteroatoms. The van der Waals surface area contributed by atoms with Crippen LogP contribution in [-0.4, -0.2) is 19.6 Å². The first kappa shape index (κ1) is 13.8. The molecule has 0 aromatic carbocycles. The Morgan fingerprint density at radius 3 is 2.38 bits per heavy atom. The van der Waals surface area contributed by atoms with Gasteiger partial charge < -0.3 is 9.52 Å². The predicted octanol–water partition coefficient (Wildman–Crippen LogP) is 1.71. The standard InChI is InChI=1S/C15H21NO4S/c1-7-11(6-17)15(8(2)20-7)21(18,19)16-14-12-9-3-4-10(5-9)13(12)14/h9-10,12-14,16-17H,3-6H2,1-2H3. The van der Waals surface area contributed by atoms with Crippen molar-refractivity contribution in [2.45, 2.75) is 50.7 Å². The monoisotopic (exact) mass is 311 g/mol. The van der Waals surface area contributed by atoms with Gasteiger partial charge in [-0.1, -0.05) is 0 Å². The molecule has 4 unspecified atom stereocenters. The molecule has 3 fully saturated rings. The van der Waals surface area contributed by atoms with E-state index >= 15 is 0 Å². The van der Waals surface area contributed by atoms with Crippen molar-refractivity contribution in [1.82, 2.24) is 4.72 Å². The second-order valence-electron chi connectivity index (χ2n) is 6.82. The zero-order valence-electron chi connectivity index (χ0n) is 12.3. The van der Waals surface area contributed by atoms with Crippen LogP contribution < -0.4 is 4.72 Å². The van der Waals surface area contributed by atoms with Crippen molar-refractivity contribution in [2.75, 3.05) is 0 Å². The van der Waals surface area contributed by atoms with Crippen LogP contribution >= 0.6 is 0 Å². The summed E-state index contributed by atoms with van der Waals surface area (Å²) >= 11 is 0. The summed E-state index contributed by atoms with van der Waals surface area (Å²) in [5.41, 5.74) is 0.383. The normalized spacial score (nSPS) is 37.0. The molecule has 1 aromatic rings. The zero-order valence-corrected chi connectivity index (χ0v) is 13.1. The minimum Gasteiger partial charge on any atom is -0.465 e. The fourth-order valence-corrected chi connectivity index (χ4v) is 6.71. The van der Waals surface area contributed by atoms with E-state index in [4.69, 9.17) is 4.42 Å². The van der Waals surface area contributed by atoms with Gasteiger partial charge in [0.15, 0.2) is 0 Å². The molecule has 0 amide bonds. The number of rotatable bonds is 4. The van der Waals surface area contributed by atoms with Crippen LogP contribution in [0.4, 0.5) is 0 Å². The Balaban J connectivity index is 1.61. The Labute approximate surface area is 124 Å². The number of furan rings is 1. The van der Waals surface area contributed by atoms with Gasteiger partial charge >= 0.3 is 0 Å². The number of nitrogens with one attached hydrogen (secondary N) is 1. The number of fused-ring (bicyclic) bond motifs is 5. The van der Waals surface area contributed by atoms with Crippen LogP contribution in [0.25, 0.3) is 0 Å². The summed E-state index contributed by atoms with van der Waals surface area (Å²) in [7, 11) is -3.61. The summed E-state index contributed by atoms with van der Waals surface area (Å²) in [6, 6.07) is 0.0994. The lowest BCUT2D eigenvalue weighted by atomic mass is 10.0. The van der Waals surface area contributed by atoms with Crippen molar-refractivity contribution in [3.05, 3.63) is 17.1 Å². The van der Waals surface area contributed by atoms with Gasteiger partial charge in [-0.25, -0.2) is 13.1 Å². The molecule has 3 aliphatic rings. The van der Waals surface area contributed by atoms with Crippen LogP contribution in [0.3, 0.4) is 0 Å². The maximum atomic E-state index is 12.7. The first-order valence-corrected chi connectivity index (χ1v) is 9.14. The Morgan fingerprint density at radius 1 is 1.19 bits per heavy atom. The fourth-order valence-electron chi connectivity index (χ4n) is 4.97. The van der Waals surface area contributed by atoms with Crippen LogP contribution in [0.15, 0.2) is 9.31 Å². The Bertz CT molecular complexity index is 677. The summed E-state index contributed by atoms with van der Waals surface area (Å²) in [6.45, 7) is 3.00. The lowest BCUT2D eigenvalue weighted by Gasteiger charge is -2.11. The molecular formula is C15H21NO4S. The average molecular weight is 311 g/mol. The van der Waals surface area contributed by atoms with Gasteiger partial charge in [0, 0.05) is 11.6 Å². The van der Waals surface area contributed by atoms with Gasteiger partial charge in [0.05, 0.1) is 6.61 Å². The largest absolute Gasteiger partial charge is 0.465 e. The lowest BCUT2D eigenvalue weighted by molar-refractivity contribution is 0.276. The summed E-state index contributed by atoms with van der Waals surface area (Å²) in [6.07, 6.45) is 3.81. The Morgan fingerprint density at radius 2 is 1.81 bits per heavy atom. The maximum Gasteiger partial charge on any atom is 0.244 e. The van der Waals surface area contributed by atoms with Crippen LogP contribution in [0.5, 0.6) is 0 Å². The van der Waals surface area contributed by atoms with Crippen molar-refractivity contribution in [3.63, 3.8) is 0 Å². The van der Waals surface area contributed by atoms with E-state index in [0.29, 0.717) is 28.9 Å². The highest BCUT2D eigenvalue weighted by Crippen LogP contribution is 2.65. The zero-order chi connectivity index (χ0) is 14.9. The van der Waals surface area contributed by atoms with Crippen molar-refractivity contribution < 1.29 is 17.9 Å². The molecule has 116 valence electrons. The lowest BCUT2D eigenvalue weighted by Crippen LogP contribution is -2.30. The molecule has 4 atom stereocenters. The summed E-state index contributed by atoms with van der Waals surface area (Å²) in [4.78, 5) is 0.139. The Kier molecular flexibility index (Phi) is 2.85. The number of aliphatic hydroxyl groups excluding tert-OH is 1. The van der Waals surface area contributed by atoms with Gasteiger partial charge in [0.25, 0.3) is 0 Å². The predicted molar refractivity (Wildman–Crippen MR) is 76.0 cm³/mol. The highest BCUT2D eigenvalue weighted by molar-refractivity contribution is 7.89. The summed E-state index contributed by atoms with van der Waals surface area (Å²) in [5.74, 6) is 3.37. The second kappa shape index (κ2) is 4.33. The topological polar surface area (TPSA) is 79.5 Å². The molecular weight excluding hydrogens is 290 g/mol. The first-order valence-electron chi connectivity index (χ1n) is 7.66. The van der Waals surface area contributed by atoms with E-state index < -0.39 is 10.0 Å². The number of hydrogen-bond donors (Lipinski definition) is 2. The molecule has 2 bridgehead atoms. The van der Waals surface area contributed by atoms with Crippen molar-refractivity contribution in [2.24, 2.45) is 23.7 Å². The molecule has 4 rings (SSSR count). The quantitative estimate of drug-likeness (QED) is 0.887. The van der Waals surface area contributed by atoms with Crippen molar-refractivity contribution in [1.29, 1.82) is 0 Å². The van der Waals surface area contributed by atoms with Gasteiger partial charge in [-0.05, 0) is 56.8 Å².